The van der Waals surface area contributed by atoms with Gasteiger partial charge in [0.2, 0.25) is 0 Å². The summed E-state index contributed by atoms with van der Waals surface area (Å²) in [7, 11) is 0. The van der Waals surface area contributed by atoms with Crippen molar-refractivity contribution in [3.63, 3.8) is 0 Å². The summed E-state index contributed by atoms with van der Waals surface area (Å²) in [5, 5.41) is 0. The lowest BCUT2D eigenvalue weighted by Crippen LogP contribution is -2.20. The Hall–Kier alpha value is -4.30. The normalized spacial score (nSPS) is 13.3. The molecule has 0 radical (unpaired) electrons. The van der Waals surface area contributed by atoms with Crippen molar-refractivity contribution in [1.82, 2.24) is 19.9 Å². The van der Waals surface area contributed by atoms with E-state index in [0.29, 0.717) is 19.1 Å². The fraction of sp³-hybridized carbons (Fsp3) is 0.422. The van der Waals surface area contributed by atoms with Crippen molar-refractivity contribution in [2.45, 2.75) is 98.9 Å². The average molecular weight is 707 g/mol. The van der Waals surface area contributed by atoms with E-state index in [1.807, 2.05) is 127 Å². The Morgan fingerprint density at radius 1 is 0.462 bits per heavy atom. The average Bonchev–Trinajstić information content (AvgIpc) is 3.25. The van der Waals surface area contributed by atoms with Gasteiger partial charge in [0, 0.05) is 44.6 Å². The summed E-state index contributed by atoms with van der Waals surface area (Å²) in [6.45, 7) is 16.1. The second-order valence-electron chi connectivity index (χ2n) is 11.4. The van der Waals surface area contributed by atoms with E-state index in [4.69, 9.17) is 14.2 Å². The van der Waals surface area contributed by atoms with Gasteiger partial charge in [-0.15, -0.1) is 0 Å². The minimum Gasteiger partial charge on any atom is -0.372 e. The lowest BCUT2D eigenvalue weighted by Gasteiger charge is -2.29. The summed E-state index contributed by atoms with van der Waals surface area (Å²) < 4.78 is 17.3. The predicted molar refractivity (Wildman–Crippen MR) is 214 cm³/mol. The number of ether oxygens (including phenoxy) is 3. The van der Waals surface area contributed by atoms with Gasteiger partial charge in [0.15, 0.2) is 0 Å². The van der Waals surface area contributed by atoms with Gasteiger partial charge in [0.1, 0.15) is 18.3 Å². The third kappa shape index (κ3) is 15.5. The minimum atomic E-state index is -0.174. The van der Waals surface area contributed by atoms with Gasteiger partial charge in [-0.25, -0.2) is 0 Å². The number of hydrogen-bond donors (Lipinski definition) is 0. The van der Waals surface area contributed by atoms with E-state index in [9.17, 15) is 0 Å². The molecule has 2 atom stereocenters. The standard InChI is InChI=1S/C14H21NO.C14H15NO.C13H14N2O.2C2H6/c2*1-2-16-14(12-8-4-3-5-9-12)13-10-6-7-11-15-13;1-2-16-13(11-7-3-5-9-14-11)12-8-4-6-10-15-12;2*1-2/h6-7,10-12,14H,2-5,8-9H2,1H3;3-11,14H,2H2,1H3;3-10,13H,2H2,1H3;2*1-2H3. The van der Waals surface area contributed by atoms with Gasteiger partial charge < -0.3 is 14.2 Å². The molecule has 0 amide bonds. The first-order valence-electron chi connectivity index (χ1n) is 19.3. The Labute approximate surface area is 314 Å². The molecule has 0 aliphatic heterocycles. The van der Waals surface area contributed by atoms with E-state index in [1.54, 1.807) is 18.6 Å². The van der Waals surface area contributed by atoms with Crippen molar-refractivity contribution in [2.75, 3.05) is 19.8 Å². The zero-order chi connectivity index (χ0) is 37.7. The van der Waals surface area contributed by atoms with Gasteiger partial charge in [-0.1, -0.05) is 102 Å². The van der Waals surface area contributed by atoms with Crippen LogP contribution < -0.4 is 0 Å². The van der Waals surface area contributed by atoms with Crippen LogP contribution in [0.1, 0.15) is 127 Å². The first kappa shape index (κ1) is 43.9. The van der Waals surface area contributed by atoms with Crippen LogP contribution in [0.25, 0.3) is 0 Å². The summed E-state index contributed by atoms with van der Waals surface area (Å²) in [5.74, 6) is 0.670. The van der Waals surface area contributed by atoms with Crippen LogP contribution >= 0.6 is 0 Å². The number of benzene rings is 1. The van der Waals surface area contributed by atoms with Crippen LogP contribution in [0.2, 0.25) is 0 Å². The van der Waals surface area contributed by atoms with Gasteiger partial charge in [-0.2, -0.15) is 0 Å². The van der Waals surface area contributed by atoms with Crippen LogP contribution in [0.3, 0.4) is 0 Å². The molecule has 1 aliphatic carbocycles. The molecule has 1 fully saturated rings. The van der Waals surface area contributed by atoms with Gasteiger partial charge >= 0.3 is 0 Å². The van der Waals surface area contributed by atoms with Gasteiger partial charge in [-0.05, 0) is 93.6 Å². The van der Waals surface area contributed by atoms with Crippen LogP contribution in [-0.2, 0) is 14.2 Å². The van der Waals surface area contributed by atoms with Gasteiger partial charge in [0.25, 0.3) is 0 Å². The number of nitrogens with zero attached hydrogens (tertiary/aromatic N) is 4. The molecule has 0 saturated heterocycles. The Morgan fingerprint density at radius 2 is 0.846 bits per heavy atom. The molecule has 7 nitrogen and oxygen atoms in total. The third-order valence-electron chi connectivity index (χ3n) is 8.04. The molecule has 7 heteroatoms. The molecule has 1 aliphatic rings. The largest absolute Gasteiger partial charge is 0.372 e. The van der Waals surface area contributed by atoms with Crippen molar-refractivity contribution in [3.05, 3.63) is 156 Å². The van der Waals surface area contributed by atoms with Crippen molar-refractivity contribution < 1.29 is 14.2 Å². The second-order valence-corrected chi connectivity index (χ2v) is 11.4. The lowest BCUT2D eigenvalue weighted by atomic mass is 9.84. The quantitative estimate of drug-likeness (QED) is 0.128. The summed E-state index contributed by atoms with van der Waals surface area (Å²) in [6, 6.07) is 33.8. The lowest BCUT2D eigenvalue weighted by molar-refractivity contribution is 0.00285. The smallest absolute Gasteiger partial charge is 0.141 e. The number of hydrogen-bond acceptors (Lipinski definition) is 7. The molecular weight excluding hydrogens is 645 g/mol. The maximum atomic E-state index is 5.90. The fourth-order valence-corrected chi connectivity index (χ4v) is 5.85. The molecule has 4 heterocycles. The van der Waals surface area contributed by atoms with Crippen LogP contribution in [0, 0.1) is 5.92 Å². The Morgan fingerprint density at radius 3 is 1.25 bits per heavy atom. The van der Waals surface area contributed by atoms with Crippen molar-refractivity contribution in [2.24, 2.45) is 5.92 Å². The molecule has 5 aromatic rings. The molecule has 0 bridgehead atoms. The summed E-state index contributed by atoms with van der Waals surface area (Å²) in [6.07, 6.45) is 13.8. The topological polar surface area (TPSA) is 79.2 Å². The summed E-state index contributed by atoms with van der Waals surface area (Å²) >= 11 is 0. The fourth-order valence-electron chi connectivity index (χ4n) is 5.85. The highest BCUT2D eigenvalue weighted by atomic mass is 16.5. The molecule has 1 aromatic carbocycles. The van der Waals surface area contributed by atoms with Crippen LogP contribution in [0.15, 0.2) is 128 Å². The third-order valence-corrected chi connectivity index (χ3v) is 8.04. The highest BCUT2D eigenvalue weighted by Crippen LogP contribution is 2.36. The molecule has 0 N–H and O–H groups in total. The Balaban J connectivity index is 0.000000257. The van der Waals surface area contributed by atoms with Gasteiger partial charge in [0.05, 0.1) is 22.8 Å². The molecule has 4 aromatic heterocycles. The SMILES string of the molecule is CC.CC.CCOC(c1ccccc1)c1ccccn1.CCOC(c1ccccn1)C1CCCCC1.CCOC(c1ccccn1)c1ccccn1. The zero-order valence-corrected chi connectivity index (χ0v) is 32.6. The molecule has 0 spiro atoms. The Bertz CT molecular complexity index is 1330. The molecule has 52 heavy (non-hydrogen) atoms. The number of pyridine rings is 4. The first-order valence-corrected chi connectivity index (χ1v) is 19.3. The second kappa shape index (κ2) is 28.3. The van der Waals surface area contributed by atoms with E-state index in [1.165, 1.54) is 32.1 Å². The first-order chi connectivity index (χ1) is 25.7. The minimum absolute atomic E-state index is 0.0626. The van der Waals surface area contributed by atoms with E-state index in [0.717, 1.165) is 34.9 Å². The predicted octanol–water partition coefficient (Wildman–Crippen LogP) is 11.6. The monoisotopic (exact) mass is 706 g/mol. The molecule has 280 valence electrons. The van der Waals surface area contributed by atoms with E-state index >= 15 is 0 Å². The number of aromatic nitrogens is 4. The van der Waals surface area contributed by atoms with E-state index in [2.05, 4.69) is 51.1 Å². The van der Waals surface area contributed by atoms with Gasteiger partial charge in [-0.3, -0.25) is 19.9 Å². The van der Waals surface area contributed by atoms with Crippen molar-refractivity contribution in [3.8, 4) is 0 Å². The highest BCUT2D eigenvalue weighted by Gasteiger charge is 2.26. The summed E-state index contributed by atoms with van der Waals surface area (Å²) in [4.78, 5) is 17.4. The Kier molecular flexibility index (Phi) is 23.9. The van der Waals surface area contributed by atoms with E-state index < -0.39 is 0 Å². The van der Waals surface area contributed by atoms with Crippen LogP contribution in [-0.4, -0.2) is 39.8 Å². The number of rotatable bonds is 12. The highest BCUT2D eigenvalue weighted by molar-refractivity contribution is 5.26. The van der Waals surface area contributed by atoms with Crippen molar-refractivity contribution in [1.29, 1.82) is 0 Å². The molecule has 1 saturated carbocycles. The van der Waals surface area contributed by atoms with Crippen LogP contribution in [0.4, 0.5) is 0 Å². The zero-order valence-electron chi connectivity index (χ0n) is 32.6. The van der Waals surface area contributed by atoms with Crippen molar-refractivity contribution >= 4 is 0 Å². The maximum Gasteiger partial charge on any atom is 0.141 e. The van der Waals surface area contributed by atoms with Crippen LogP contribution in [0.5, 0.6) is 0 Å². The molecular formula is C45H62N4O3. The molecule has 2 unspecified atom stereocenters. The molecule has 6 rings (SSSR count). The van der Waals surface area contributed by atoms with E-state index in [-0.39, 0.29) is 18.3 Å². The summed E-state index contributed by atoms with van der Waals surface area (Å²) in [5.41, 5.74) is 4.99. The maximum absolute atomic E-state index is 5.90.